The van der Waals surface area contributed by atoms with Gasteiger partial charge < -0.3 is 10.1 Å². The van der Waals surface area contributed by atoms with Gasteiger partial charge in [0, 0.05) is 39.1 Å². The lowest BCUT2D eigenvalue weighted by Crippen LogP contribution is -2.30. The zero-order valence-corrected chi connectivity index (χ0v) is 12.2. The van der Waals surface area contributed by atoms with Gasteiger partial charge in [0.1, 0.15) is 0 Å². The summed E-state index contributed by atoms with van der Waals surface area (Å²) in [6.07, 6.45) is 1.69. The highest BCUT2D eigenvalue weighted by atomic mass is 35.5. The van der Waals surface area contributed by atoms with E-state index in [0.717, 1.165) is 12.8 Å². The largest absolute Gasteiger partial charge is 0.465 e. The number of rotatable bonds is 3. The highest BCUT2D eigenvalue weighted by molar-refractivity contribution is 7.85. The molecule has 0 saturated carbocycles. The summed E-state index contributed by atoms with van der Waals surface area (Å²) >= 11 is 5.90. The van der Waals surface area contributed by atoms with Gasteiger partial charge in [0.25, 0.3) is 0 Å². The quantitative estimate of drug-likeness (QED) is 0.871. The van der Waals surface area contributed by atoms with Crippen molar-refractivity contribution in [2.24, 2.45) is 0 Å². The fraction of sp³-hybridized carbons (Fsp3) is 0.462. The van der Waals surface area contributed by atoms with Crippen LogP contribution in [0.25, 0.3) is 0 Å². The molecule has 104 valence electrons. The summed E-state index contributed by atoms with van der Waals surface area (Å²) in [5, 5.41) is 3.81. The molecule has 1 aromatic carbocycles. The van der Waals surface area contributed by atoms with Crippen molar-refractivity contribution < 1.29 is 13.7 Å². The Morgan fingerprint density at radius 3 is 2.74 bits per heavy atom. The lowest BCUT2D eigenvalue weighted by molar-refractivity contribution is 0.0602. The zero-order chi connectivity index (χ0) is 13.8. The number of benzene rings is 1. The Morgan fingerprint density at radius 1 is 1.42 bits per heavy atom. The predicted octanol–water partition coefficient (Wildman–Crippen LogP) is 2.45. The van der Waals surface area contributed by atoms with E-state index in [4.69, 9.17) is 16.3 Å². The van der Waals surface area contributed by atoms with Crippen molar-refractivity contribution in [1.29, 1.82) is 0 Å². The molecule has 1 aliphatic rings. The van der Waals surface area contributed by atoms with Gasteiger partial charge >= 0.3 is 5.97 Å². The van der Waals surface area contributed by atoms with Crippen LogP contribution < -0.4 is 5.32 Å². The van der Waals surface area contributed by atoms with Crippen LogP contribution in [0.5, 0.6) is 0 Å². The summed E-state index contributed by atoms with van der Waals surface area (Å²) in [6.45, 7) is 0. The van der Waals surface area contributed by atoms with Crippen LogP contribution in [0, 0.1) is 0 Å². The predicted molar refractivity (Wildman–Crippen MR) is 77.3 cm³/mol. The maximum atomic E-state index is 11.7. The Bertz CT molecular complexity index is 497. The fourth-order valence-electron chi connectivity index (χ4n) is 2.08. The van der Waals surface area contributed by atoms with Gasteiger partial charge in [-0.1, -0.05) is 11.6 Å². The molecular formula is C13H16ClNO3S. The first-order valence-corrected chi connectivity index (χ1v) is 7.96. The van der Waals surface area contributed by atoms with E-state index in [-0.39, 0.29) is 6.04 Å². The molecule has 0 aliphatic carbocycles. The van der Waals surface area contributed by atoms with Crippen LogP contribution in [0.1, 0.15) is 23.2 Å². The highest BCUT2D eigenvalue weighted by Gasteiger charge is 2.20. The van der Waals surface area contributed by atoms with E-state index in [0.29, 0.717) is 27.8 Å². The molecule has 1 aromatic rings. The van der Waals surface area contributed by atoms with Crippen molar-refractivity contribution in [2.75, 3.05) is 23.9 Å². The normalized spacial score (nSPS) is 22.8. The second-order valence-corrected chi connectivity index (χ2v) is 6.58. The first-order chi connectivity index (χ1) is 9.10. The smallest absolute Gasteiger partial charge is 0.340 e. The lowest BCUT2D eigenvalue weighted by Gasteiger charge is -2.24. The molecule has 0 aromatic heterocycles. The number of carbonyl (C=O) groups is 1. The van der Waals surface area contributed by atoms with E-state index in [2.05, 4.69) is 5.32 Å². The Kier molecular flexibility index (Phi) is 4.82. The van der Waals surface area contributed by atoms with E-state index in [1.54, 1.807) is 18.2 Å². The minimum atomic E-state index is -0.691. The van der Waals surface area contributed by atoms with Crippen molar-refractivity contribution in [3.8, 4) is 0 Å². The van der Waals surface area contributed by atoms with Crippen LogP contribution >= 0.6 is 11.6 Å². The van der Waals surface area contributed by atoms with E-state index in [1.165, 1.54) is 7.11 Å². The van der Waals surface area contributed by atoms with Crippen LogP contribution in [-0.4, -0.2) is 34.8 Å². The number of ether oxygens (including phenoxy) is 1. The topological polar surface area (TPSA) is 55.4 Å². The third-order valence-corrected chi connectivity index (χ3v) is 4.75. The standard InChI is InChI=1S/C13H16ClNO3S/c1-18-13(16)11-8-9(14)2-3-12(11)15-10-4-6-19(17)7-5-10/h2-3,8,10,15H,4-7H2,1H3. The molecule has 0 unspecified atom stereocenters. The zero-order valence-electron chi connectivity index (χ0n) is 10.6. The van der Waals surface area contributed by atoms with Crippen LogP contribution in [-0.2, 0) is 15.5 Å². The molecule has 0 spiro atoms. The molecule has 1 saturated heterocycles. The van der Waals surface area contributed by atoms with Gasteiger partial charge in [-0.2, -0.15) is 0 Å². The number of carbonyl (C=O) groups excluding carboxylic acids is 1. The second kappa shape index (κ2) is 6.39. The lowest BCUT2D eigenvalue weighted by atomic mass is 10.1. The van der Waals surface area contributed by atoms with E-state index >= 15 is 0 Å². The summed E-state index contributed by atoms with van der Waals surface area (Å²) in [4.78, 5) is 11.7. The third kappa shape index (κ3) is 3.70. The second-order valence-electron chi connectivity index (χ2n) is 4.45. The van der Waals surface area contributed by atoms with Gasteiger partial charge in [0.15, 0.2) is 0 Å². The summed E-state index contributed by atoms with van der Waals surface area (Å²) in [6, 6.07) is 5.34. The number of nitrogens with one attached hydrogen (secondary N) is 1. The third-order valence-electron chi connectivity index (χ3n) is 3.13. The first-order valence-electron chi connectivity index (χ1n) is 6.09. The molecule has 4 nitrogen and oxygen atoms in total. The van der Waals surface area contributed by atoms with E-state index in [9.17, 15) is 9.00 Å². The molecule has 1 fully saturated rings. The number of halogens is 1. The van der Waals surface area contributed by atoms with Gasteiger partial charge in [0.2, 0.25) is 0 Å². The molecule has 0 radical (unpaired) electrons. The van der Waals surface area contributed by atoms with Crippen LogP contribution in [0.15, 0.2) is 18.2 Å². The first kappa shape index (κ1) is 14.3. The fourth-order valence-corrected chi connectivity index (χ4v) is 3.55. The average molecular weight is 302 g/mol. The molecule has 0 bridgehead atoms. The number of hydrogen-bond acceptors (Lipinski definition) is 4. The minimum Gasteiger partial charge on any atom is -0.465 e. The maximum absolute atomic E-state index is 11.7. The van der Waals surface area contributed by atoms with Gasteiger partial charge in [-0.3, -0.25) is 4.21 Å². The van der Waals surface area contributed by atoms with Gasteiger partial charge in [-0.15, -0.1) is 0 Å². The molecule has 6 heteroatoms. The number of hydrogen-bond donors (Lipinski definition) is 1. The van der Waals surface area contributed by atoms with Crippen molar-refractivity contribution in [2.45, 2.75) is 18.9 Å². The molecule has 2 rings (SSSR count). The van der Waals surface area contributed by atoms with Gasteiger partial charge in [-0.05, 0) is 31.0 Å². The summed E-state index contributed by atoms with van der Waals surface area (Å²) < 4.78 is 16.1. The van der Waals surface area contributed by atoms with Crippen molar-refractivity contribution >= 4 is 34.1 Å². The Labute approximate surface area is 119 Å². The maximum Gasteiger partial charge on any atom is 0.340 e. The molecule has 0 amide bonds. The SMILES string of the molecule is COC(=O)c1cc(Cl)ccc1NC1CCS(=O)CC1. The monoisotopic (exact) mass is 301 g/mol. The minimum absolute atomic E-state index is 0.238. The van der Waals surface area contributed by atoms with Crippen LogP contribution in [0.2, 0.25) is 5.02 Å². The highest BCUT2D eigenvalue weighted by Crippen LogP contribution is 2.24. The Balaban J connectivity index is 2.15. The Hall–Kier alpha value is -1.07. The van der Waals surface area contributed by atoms with Gasteiger partial charge in [-0.25, -0.2) is 4.79 Å². The molecule has 0 atom stereocenters. The molecule has 1 heterocycles. The summed E-state index contributed by atoms with van der Waals surface area (Å²) in [5.41, 5.74) is 1.15. The van der Waals surface area contributed by atoms with E-state index in [1.807, 2.05) is 0 Å². The van der Waals surface area contributed by atoms with Crippen molar-refractivity contribution in [3.05, 3.63) is 28.8 Å². The van der Waals surface area contributed by atoms with Crippen LogP contribution in [0.3, 0.4) is 0 Å². The molecule has 19 heavy (non-hydrogen) atoms. The number of anilines is 1. The summed E-state index contributed by atoms with van der Waals surface area (Å²) in [5.74, 6) is 1.00. The van der Waals surface area contributed by atoms with Crippen molar-refractivity contribution in [3.63, 3.8) is 0 Å². The molecular weight excluding hydrogens is 286 g/mol. The average Bonchev–Trinajstić information content (AvgIpc) is 2.42. The molecule has 1 aliphatic heterocycles. The summed E-state index contributed by atoms with van der Waals surface area (Å²) in [7, 11) is 0.653. The van der Waals surface area contributed by atoms with Gasteiger partial charge in [0.05, 0.1) is 12.7 Å². The van der Waals surface area contributed by atoms with Crippen LogP contribution in [0.4, 0.5) is 5.69 Å². The van der Waals surface area contributed by atoms with E-state index < -0.39 is 16.8 Å². The Morgan fingerprint density at radius 2 is 2.11 bits per heavy atom. The number of methoxy groups -OCH3 is 1. The number of esters is 1. The molecule has 1 N–H and O–H groups in total. The van der Waals surface area contributed by atoms with Crippen molar-refractivity contribution in [1.82, 2.24) is 0 Å².